The van der Waals surface area contributed by atoms with Crippen molar-refractivity contribution in [2.45, 2.75) is 6.00 Å². The highest BCUT2D eigenvalue weighted by Gasteiger charge is 2.08. The molecule has 2 aromatic rings. The van der Waals surface area contributed by atoms with Gasteiger partial charge < -0.3 is 4.57 Å². The van der Waals surface area contributed by atoms with E-state index >= 15 is 0 Å². The number of benzene rings is 1. The van der Waals surface area contributed by atoms with Crippen LogP contribution in [-0.2, 0) is 6.00 Å². The van der Waals surface area contributed by atoms with Crippen LogP contribution in [0.15, 0.2) is 30.7 Å². The van der Waals surface area contributed by atoms with E-state index in [2.05, 4.69) is 4.98 Å². The molecule has 0 N–H and O–H groups in total. The van der Waals surface area contributed by atoms with E-state index in [9.17, 15) is 8.78 Å². The Labute approximate surface area is 90.1 Å². The van der Waals surface area contributed by atoms with Crippen molar-refractivity contribution in [1.82, 2.24) is 9.55 Å². The molecule has 2 rings (SSSR count). The number of hydrogen-bond acceptors (Lipinski definition) is 1. The van der Waals surface area contributed by atoms with Gasteiger partial charge in [-0.2, -0.15) is 0 Å². The summed E-state index contributed by atoms with van der Waals surface area (Å²) >= 11 is 5.56. The molecule has 0 radical (unpaired) electrons. The zero-order valence-electron chi connectivity index (χ0n) is 7.62. The van der Waals surface area contributed by atoms with Gasteiger partial charge in [-0.05, 0) is 12.1 Å². The van der Waals surface area contributed by atoms with Crippen LogP contribution < -0.4 is 0 Å². The number of alkyl halides is 1. The fourth-order valence-corrected chi connectivity index (χ4v) is 1.39. The summed E-state index contributed by atoms with van der Waals surface area (Å²) in [4.78, 5) is 3.96. The van der Waals surface area contributed by atoms with Crippen molar-refractivity contribution in [2.24, 2.45) is 0 Å². The summed E-state index contributed by atoms with van der Waals surface area (Å²) in [6, 6.07) is 3.62. The Kier molecular flexibility index (Phi) is 2.68. The molecule has 1 aromatic heterocycles. The maximum atomic E-state index is 13.3. The van der Waals surface area contributed by atoms with Gasteiger partial charge in [-0.3, -0.25) is 0 Å². The quantitative estimate of drug-likeness (QED) is 0.723. The second kappa shape index (κ2) is 3.98. The zero-order valence-corrected chi connectivity index (χ0v) is 8.38. The molecule has 1 aromatic carbocycles. The van der Waals surface area contributed by atoms with Crippen LogP contribution >= 0.6 is 11.6 Å². The minimum atomic E-state index is -0.630. The molecule has 1 heterocycles. The van der Waals surface area contributed by atoms with Crippen LogP contribution in [0.25, 0.3) is 11.3 Å². The largest absolute Gasteiger partial charge is 0.323 e. The van der Waals surface area contributed by atoms with Crippen LogP contribution in [0.5, 0.6) is 0 Å². The Morgan fingerprint density at radius 1 is 1.33 bits per heavy atom. The molecular weight excluding hydrogens is 222 g/mol. The van der Waals surface area contributed by atoms with E-state index in [1.807, 2.05) is 0 Å². The maximum Gasteiger partial charge on any atom is 0.135 e. The second-order valence-corrected chi connectivity index (χ2v) is 3.26. The molecule has 5 heteroatoms. The molecular formula is C10H7ClF2N2. The Morgan fingerprint density at radius 2 is 2.13 bits per heavy atom. The average molecular weight is 229 g/mol. The summed E-state index contributed by atoms with van der Waals surface area (Å²) < 4.78 is 27.6. The Bertz CT molecular complexity index is 482. The number of hydrogen-bond donors (Lipinski definition) is 0. The first-order chi connectivity index (χ1) is 7.20. The summed E-state index contributed by atoms with van der Waals surface area (Å²) in [5, 5.41) is 0. The lowest BCUT2D eigenvalue weighted by atomic mass is 10.1. The molecule has 0 unspecified atom stereocenters. The molecule has 0 saturated heterocycles. The lowest BCUT2D eigenvalue weighted by Crippen LogP contribution is -1.87. The van der Waals surface area contributed by atoms with Crippen molar-refractivity contribution in [1.29, 1.82) is 0 Å². The van der Waals surface area contributed by atoms with E-state index in [1.54, 1.807) is 10.8 Å². The molecule has 0 aliphatic rings. The van der Waals surface area contributed by atoms with Gasteiger partial charge in [-0.1, -0.05) is 0 Å². The Hall–Kier alpha value is -1.42. The minimum absolute atomic E-state index is 0.246. The number of rotatable bonds is 2. The molecule has 0 amide bonds. The molecule has 0 fully saturated rings. The van der Waals surface area contributed by atoms with Gasteiger partial charge in [-0.25, -0.2) is 13.8 Å². The minimum Gasteiger partial charge on any atom is -0.323 e. The number of imidazole rings is 1. The molecule has 0 saturated carbocycles. The van der Waals surface area contributed by atoms with E-state index in [4.69, 9.17) is 11.6 Å². The molecule has 0 aliphatic carbocycles. The smallest absolute Gasteiger partial charge is 0.135 e. The summed E-state index contributed by atoms with van der Waals surface area (Å²) in [5.74, 6) is -1.23. The maximum absolute atomic E-state index is 13.3. The first-order valence-electron chi connectivity index (χ1n) is 4.24. The lowest BCUT2D eigenvalue weighted by molar-refractivity contribution is 0.585. The summed E-state index contributed by atoms with van der Waals surface area (Å²) in [6.45, 7) is 0. The van der Waals surface area contributed by atoms with Crippen molar-refractivity contribution < 1.29 is 8.78 Å². The fraction of sp³-hybridized carbons (Fsp3) is 0.100. The number of halogens is 3. The van der Waals surface area contributed by atoms with Gasteiger partial charge in [0.1, 0.15) is 11.6 Å². The Morgan fingerprint density at radius 3 is 2.73 bits per heavy atom. The molecule has 15 heavy (non-hydrogen) atoms. The standard InChI is InChI=1S/C10H7ClF2N2/c11-5-15-4-10(14-6-15)8-2-1-7(12)3-9(8)13/h1-4,6H,5H2. The third kappa shape index (κ3) is 1.99. The fourth-order valence-electron chi connectivity index (χ4n) is 1.26. The summed E-state index contributed by atoms with van der Waals surface area (Å²) in [6.07, 6.45) is 3.09. The lowest BCUT2D eigenvalue weighted by Gasteiger charge is -1.98. The van der Waals surface area contributed by atoms with Gasteiger partial charge in [0.2, 0.25) is 0 Å². The third-order valence-corrected chi connectivity index (χ3v) is 2.25. The van der Waals surface area contributed by atoms with Crippen molar-refractivity contribution in [2.75, 3.05) is 0 Å². The van der Waals surface area contributed by atoms with Crippen molar-refractivity contribution >= 4 is 11.6 Å². The Balaban J connectivity index is 2.44. The normalized spacial score (nSPS) is 10.6. The van der Waals surface area contributed by atoms with Gasteiger partial charge in [0.15, 0.2) is 0 Å². The molecule has 0 bridgehead atoms. The van der Waals surface area contributed by atoms with Crippen LogP contribution in [0.4, 0.5) is 8.78 Å². The SMILES string of the molecule is Fc1ccc(-c2cn(CCl)cn2)c(F)c1. The highest BCUT2D eigenvalue weighted by molar-refractivity contribution is 6.15. The number of aromatic nitrogens is 2. The average Bonchev–Trinajstić information content (AvgIpc) is 2.66. The van der Waals surface area contributed by atoms with Crippen LogP contribution in [0.2, 0.25) is 0 Å². The van der Waals surface area contributed by atoms with Crippen LogP contribution in [0.3, 0.4) is 0 Å². The van der Waals surface area contributed by atoms with E-state index in [0.29, 0.717) is 5.69 Å². The second-order valence-electron chi connectivity index (χ2n) is 3.02. The topological polar surface area (TPSA) is 17.8 Å². The van der Waals surface area contributed by atoms with E-state index < -0.39 is 11.6 Å². The van der Waals surface area contributed by atoms with Gasteiger partial charge >= 0.3 is 0 Å². The molecule has 0 aliphatic heterocycles. The highest BCUT2D eigenvalue weighted by atomic mass is 35.5. The van der Waals surface area contributed by atoms with Crippen molar-refractivity contribution in [3.05, 3.63) is 42.4 Å². The first kappa shape index (κ1) is 10.1. The molecule has 78 valence electrons. The molecule has 0 atom stereocenters. The predicted molar refractivity (Wildman–Crippen MR) is 53.4 cm³/mol. The van der Waals surface area contributed by atoms with Gasteiger partial charge in [0, 0.05) is 17.8 Å². The molecule has 0 spiro atoms. The van der Waals surface area contributed by atoms with Crippen LogP contribution in [-0.4, -0.2) is 9.55 Å². The van der Waals surface area contributed by atoms with Gasteiger partial charge in [-0.15, -0.1) is 11.6 Å². The van der Waals surface area contributed by atoms with E-state index in [0.717, 1.165) is 6.07 Å². The zero-order chi connectivity index (χ0) is 10.8. The van der Waals surface area contributed by atoms with E-state index in [-0.39, 0.29) is 11.6 Å². The summed E-state index contributed by atoms with van der Waals surface area (Å²) in [5.41, 5.74) is 0.702. The molecule has 2 nitrogen and oxygen atoms in total. The van der Waals surface area contributed by atoms with Gasteiger partial charge in [0.05, 0.1) is 18.0 Å². The first-order valence-corrected chi connectivity index (χ1v) is 4.77. The third-order valence-electron chi connectivity index (χ3n) is 1.98. The van der Waals surface area contributed by atoms with E-state index in [1.165, 1.54) is 18.5 Å². The monoisotopic (exact) mass is 228 g/mol. The summed E-state index contributed by atoms with van der Waals surface area (Å²) in [7, 11) is 0. The van der Waals surface area contributed by atoms with Crippen molar-refractivity contribution in [3.8, 4) is 11.3 Å². The van der Waals surface area contributed by atoms with Crippen molar-refractivity contribution in [3.63, 3.8) is 0 Å². The predicted octanol–water partition coefficient (Wildman–Crippen LogP) is 3.02. The van der Waals surface area contributed by atoms with Crippen LogP contribution in [0.1, 0.15) is 0 Å². The van der Waals surface area contributed by atoms with Crippen LogP contribution in [0, 0.1) is 11.6 Å². The van der Waals surface area contributed by atoms with Gasteiger partial charge in [0.25, 0.3) is 0 Å². The number of nitrogens with zero attached hydrogens (tertiary/aromatic N) is 2. The highest BCUT2D eigenvalue weighted by Crippen LogP contribution is 2.21.